The Hall–Kier alpha value is -2.74. The minimum Gasteiger partial charge on any atom is -0.332 e. The molecule has 0 aliphatic carbocycles. The highest BCUT2D eigenvalue weighted by atomic mass is 32.2. The van der Waals surface area contributed by atoms with Crippen LogP contribution in [0, 0.1) is 5.82 Å². The summed E-state index contributed by atoms with van der Waals surface area (Å²) in [6.07, 6.45) is 0. The van der Waals surface area contributed by atoms with E-state index < -0.39 is 20.7 Å². The Kier molecular flexibility index (Phi) is 3.60. The van der Waals surface area contributed by atoms with Crippen molar-refractivity contribution in [3.05, 3.63) is 60.4 Å². The minimum atomic E-state index is -4.12. The van der Waals surface area contributed by atoms with Crippen LogP contribution in [-0.4, -0.2) is 18.6 Å². The van der Waals surface area contributed by atoms with E-state index in [1.807, 2.05) is 6.07 Å². The predicted octanol–water partition coefficient (Wildman–Crippen LogP) is 2.68. The molecule has 0 saturated carbocycles. The van der Waals surface area contributed by atoms with Gasteiger partial charge in [-0.1, -0.05) is 30.3 Å². The summed E-state index contributed by atoms with van der Waals surface area (Å²) in [5.41, 5.74) is 0.645. The lowest BCUT2D eigenvalue weighted by molar-refractivity contribution is 0.433. The molecule has 0 spiro atoms. The number of anilines is 1. The van der Waals surface area contributed by atoms with E-state index in [2.05, 4.69) is 14.9 Å². The van der Waals surface area contributed by atoms with Gasteiger partial charge in [-0.3, -0.25) is 0 Å². The Morgan fingerprint density at radius 3 is 2.41 bits per heavy atom. The smallest absolute Gasteiger partial charge is 0.277 e. The lowest BCUT2D eigenvalue weighted by atomic mass is 10.2. The largest absolute Gasteiger partial charge is 0.332 e. The number of sulfonamides is 1. The second-order valence-electron chi connectivity index (χ2n) is 4.33. The molecule has 0 radical (unpaired) electrons. The van der Waals surface area contributed by atoms with Crippen molar-refractivity contribution in [2.24, 2.45) is 0 Å². The normalized spacial score (nSPS) is 11.3. The molecule has 0 atom stereocenters. The molecule has 0 amide bonds. The van der Waals surface area contributed by atoms with Crippen molar-refractivity contribution in [3.63, 3.8) is 0 Å². The van der Waals surface area contributed by atoms with Crippen LogP contribution in [-0.2, 0) is 10.0 Å². The number of aromatic nitrogens is 2. The van der Waals surface area contributed by atoms with Gasteiger partial charge in [-0.25, -0.2) is 17.5 Å². The molecule has 8 heteroatoms. The number of hydrogen-bond acceptors (Lipinski definition) is 5. The lowest BCUT2D eigenvalue weighted by Gasteiger charge is -2.04. The molecule has 0 aliphatic rings. The zero-order valence-corrected chi connectivity index (χ0v) is 11.9. The Labute approximate surface area is 125 Å². The van der Waals surface area contributed by atoms with Crippen molar-refractivity contribution in [2.45, 2.75) is 4.90 Å². The number of nitrogens with zero attached hydrogens (tertiary/aromatic N) is 2. The SMILES string of the molecule is O=S(=O)(Nc1noc(-c2ccccc2)n1)c1ccccc1F. The van der Waals surface area contributed by atoms with Gasteiger partial charge in [0, 0.05) is 5.56 Å². The van der Waals surface area contributed by atoms with Crippen molar-refractivity contribution in [3.8, 4) is 11.5 Å². The van der Waals surface area contributed by atoms with E-state index in [4.69, 9.17) is 4.52 Å². The molecule has 112 valence electrons. The first-order valence-electron chi connectivity index (χ1n) is 6.23. The first kappa shape index (κ1) is 14.2. The van der Waals surface area contributed by atoms with Gasteiger partial charge in [-0.2, -0.15) is 4.98 Å². The van der Waals surface area contributed by atoms with Gasteiger partial charge in [0.05, 0.1) is 0 Å². The second-order valence-corrected chi connectivity index (χ2v) is 5.98. The molecule has 3 rings (SSSR count). The van der Waals surface area contributed by atoms with Crippen LogP contribution in [0.1, 0.15) is 0 Å². The molecule has 6 nitrogen and oxygen atoms in total. The monoisotopic (exact) mass is 319 g/mol. The van der Waals surface area contributed by atoms with Gasteiger partial charge in [0.15, 0.2) is 0 Å². The summed E-state index contributed by atoms with van der Waals surface area (Å²) in [5.74, 6) is -0.962. The first-order valence-corrected chi connectivity index (χ1v) is 7.71. The van der Waals surface area contributed by atoms with E-state index in [-0.39, 0.29) is 11.8 Å². The minimum absolute atomic E-state index is 0.159. The Balaban J connectivity index is 1.88. The molecule has 2 aromatic carbocycles. The Morgan fingerprint density at radius 1 is 1.00 bits per heavy atom. The van der Waals surface area contributed by atoms with E-state index in [0.717, 1.165) is 12.1 Å². The molecule has 1 N–H and O–H groups in total. The zero-order valence-electron chi connectivity index (χ0n) is 11.1. The highest BCUT2D eigenvalue weighted by Gasteiger charge is 2.21. The van der Waals surface area contributed by atoms with E-state index in [1.165, 1.54) is 12.1 Å². The van der Waals surface area contributed by atoms with Gasteiger partial charge >= 0.3 is 0 Å². The van der Waals surface area contributed by atoms with Gasteiger partial charge in [0.25, 0.3) is 21.9 Å². The van der Waals surface area contributed by atoms with Crippen LogP contribution in [0.15, 0.2) is 64.0 Å². The summed E-state index contributed by atoms with van der Waals surface area (Å²) in [5, 5.41) is 3.53. The van der Waals surface area contributed by atoms with Crippen LogP contribution in [0.5, 0.6) is 0 Å². The predicted molar refractivity (Wildman–Crippen MR) is 76.9 cm³/mol. The van der Waals surface area contributed by atoms with Gasteiger partial charge in [0.2, 0.25) is 0 Å². The molecule has 1 aromatic heterocycles. The summed E-state index contributed by atoms with van der Waals surface area (Å²) >= 11 is 0. The number of halogens is 1. The third-order valence-electron chi connectivity index (χ3n) is 2.80. The Morgan fingerprint density at radius 2 is 1.68 bits per heavy atom. The van der Waals surface area contributed by atoms with Crippen molar-refractivity contribution in [1.29, 1.82) is 0 Å². The van der Waals surface area contributed by atoms with Crippen LogP contribution in [0.3, 0.4) is 0 Å². The molecule has 0 saturated heterocycles. The van der Waals surface area contributed by atoms with E-state index in [0.29, 0.717) is 5.56 Å². The van der Waals surface area contributed by atoms with Crippen LogP contribution >= 0.6 is 0 Å². The lowest BCUT2D eigenvalue weighted by Crippen LogP contribution is -2.15. The highest BCUT2D eigenvalue weighted by Crippen LogP contribution is 2.20. The van der Waals surface area contributed by atoms with Crippen LogP contribution in [0.2, 0.25) is 0 Å². The number of nitrogens with one attached hydrogen (secondary N) is 1. The zero-order chi connectivity index (χ0) is 15.6. The molecule has 3 aromatic rings. The van der Waals surface area contributed by atoms with E-state index in [1.54, 1.807) is 24.3 Å². The summed E-state index contributed by atoms with van der Waals surface area (Å²) in [7, 11) is -4.12. The quantitative estimate of drug-likeness (QED) is 0.799. The fourth-order valence-corrected chi connectivity index (χ4v) is 2.82. The van der Waals surface area contributed by atoms with E-state index in [9.17, 15) is 12.8 Å². The van der Waals surface area contributed by atoms with Crippen molar-refractivity contribution >= 4 is 16.0 Å². The number of rotatable bonds is 4. The number of benzene rings is 2. The molecular weight excluding hydrogens is 309 g/mol. The standard InChI is InChI=1S/C14H10FN3O3S/c15-11-8-4-5-9-12(11)22(19,20)18-14-16-13(21-17-14)10-6-2-1-3-7-10/h1-9H,(H,17,18). The number of hydrogen-bond donors (Lipinski definition) is 1. The summed E-state index contributed by atoms with van der Waals surface area (Å²) in [4.78, 5) is 3.45. The maximum Gasteiger partial charge on any atom is 0.277 e. The molecule has 0 unspecified atom stereocenters. The van der Waals surface area contributed by atoms with Crippen LogP contribution < -0.4 is 4.72 Å². The van der Waals surface area contributed by atoms with Crippen molar-refractivity contribution in [2.75, 3.05) is 4.72 Å². The maximum absolute atomic E-state index is 13.6. The van der Waals surface area contributed by atoms with E-state index >= 15 is 0 Å². The van der Waals surface area contributed by atoms with Gasteiger partial charge in [-0.15, -0.1) is 0 Å². The van der Waals surface area contributed by atoms with Gasteiger partial charge in [-0.05, 0) is 29.4 Å². The maximum atomic E-state index is 13.6. The second kappa shape index (κ2) is 5.57. The molecule has 0 aliphatic heterocycles. The third-order valence-corrected chi connectivity index (χ3v) is 4.16. The topological polar surface area (TPSA) is 85.1 Å². The highest BCUT2D eigenvalue weighted by molar-refractivity contribution is 7.92. The fraction of sp³-hybridized carbons (Fsp3) is 0. The van der Waals surface area contributed by atoms with Crippen molar-refractivity contribution in [1.82, 2.24) is 10.1 Å². The summed E-state index contributed by atoms with van der Waals surface area (Å²) < 4.78 is 44.8. The average molecular weight is 319 g/mol. The molecule has 22 heavy (non-hydrogen) atoms. The molecule has 1 heterocycles. The van der Waals surface area contributed by atoms with Gasteiger partial charge in [0.1, 0.15) is 10.7 Å². The third kappa shape index (κ3) is 2.82. The van der Waals surface area contributed by atoms with Crippen LogP contribution in [0.25, 0.3) is 11.5 Å². The summed E-state index contributed by atoms with van der Waals surface area (Å²) in [6.45, 7) is 0. The van der Waals surface area contributed by atoms with Crippen molar-refractivity contribution < 1.29 is 17.3 Å². The molecular formula is C14H10FN3O3S. The van der Waals surface area contributed by atoms with Crippen LogP contribution in [0.4, 0.5) is 10.3 Å². The fourth-order valence-electron chi connectivity index (χ4n) is 1.80. The Bertz CT molecular complexity index is 894. The van der Waals surface area contributed by atoms with Gasteiger partial charge < -0.3 is 4.52 Å². The molecule has 0 fully saturated rings. The molecule has 0 bridgehead atoms. The average Bonchev–Trinajstić information content (AvgIpc) is 2.96. The first-order chi connectivity index (χ1) is 10.6. The summed E-state index contributed by atoms with van der Waals surface area (Å²) in [6, 6.07) is 13.9.